The van der Waals surface area contributed by atoms with Crippen LogP contribution < -0.4 is 10.1 Å². The average Bonchev–Trinajstić information content (AvgIpc) is 2.66. The van der Waals surface area contributed by atoms with Crippen molar-refractivity contribution in [2.45, 2.75) is 13.2 Å². The van der Waals surface area contributed by atoms with Gasteiger partial charge in [-0.3, -0.25) is 9.78 Å². The zero-order chi connectivity index (χ0) is 17.5. The van der Waals surface area contributed by atoms with Crippen molar-refractivity contribution in [3.05, 3.63) is 95.6 Å². The first-order valence-corrected chi connectivity index (χ1v) is 7.85. The van der Waals surface area contributed by atoms with E-state index in [-0.39, 0.29) is 18.3 Å². The zero-order valence-corrected chi connectivity index (χ0v) is 13.5. The molecule has 1 amide bonds. The molecule has 0 bridgehead atoms. The zero-order valence-electron chi connectivity index (χ0n) is 13.5. The van der Waals surface area contributed by atoms with Gasteiger partial charge in [0.05, 0.1) is 0 Å². The molecule has 25 heavy (non-hydrogen) atoms. The maximum absolute atomic E-state index is 13.1. The van der Waals surface area contributed by atoms with Crippen molar-refractivity contribution in [2.24, 2.45) is 0 Å². The number of benzene rings is 2. The lowest BCUT2D eigenvalue weighted by Gasteiger charge is -2.08. The SMILES string of the molecule is O=C(NCc1cccc(F)c1)c1ccc(OCc2cccnc2)cc1. The minimum atomic E-state index is -0.318. The van der Waals surface area contributed by atoms with Crippen molar-refractivity contribution >= 4 is 5.91 Å². The first-order chi connectivity index (χ1) is 12.2. The van der Waals surface area contributed by atoms with Gasteiger partial charge in [0.15, 0.2) is 0 Å². The van der Waals surface area contributed by atoms with Gasteiger partial charge in [0, 0.05) is 30.1 Å². The number of nitrogens with one attached hydrogen (secondary N) is 1. The highest BCUT2D eigenvalue weighted by Gasteiger charge is 2.06. The van der Waals surface area contributed by atoms with Crippen LogP contribution in [0.4, 0.5) is 4.39 Å². The Morgan fingerprint density at radius 1 is 1.04 bits per heavy atom. The third-order valence-corrected chi connectivity index (χ3v) is 3.59. The number of nitrogens with zero attached hydrogens (tertiary/aromatic N) is 1. The van der Waals surface area contributed by atoms with Gasteiger partial charge in [-0.15, -0.1) is 0 Å². The molecule has 1 N–H and O–H groups in total. The summed E-state index contributed by atoms with van der Waals surface area (Å²) in [6.45, 7) is 0.689. The Morgan fingerprint density at radius 2 is 1.84 bits per heavy atom. The van der Waals surface area contributed by atoms with Gasteiger partial charge in [-0.25, -0.2) is 4.39 Å². The van der Waals surface area contributed by atoms with Crippen molar-refractivity contribution in [3.63, 3.8) is 0 Å². The van der Waals surface area contributed by atoms with Crippen LogP contribution in [-0.2, 0) is 13.2 Å². The molecule has 0 spiro atoms. The fourth-order valence-electron chi connectivity index (χ4n) is 2.28. The Labute approximate surface area is 145 Å². The summed E-state index contributed by atoms with van der Waals surface area (Å²) in [5, 5.41) is 2.77. The number of amides is 1. The fourth-order valence-corrected chi connectivity index (χ4v) is 2.28. The molecule has 0 aliphatic carbocycles. The lowest BCUT2D eigenvalue weighted by atomic mass is 10.2. The summed E-state index contributed by atoms with van der Waals surface area (Å²) in [5.74, 6) is 0.135. The van der Waals surface area contributed by atoms with E-state index in [1.54, 1.807) is 48.8 Å². The molecule has 3 rings (SSSR count). The third kappa shape index (κ3) is 4.88. The number of carbonyl (C=O) groups excluding carboxylic acids is 1. The molecule has 3 aromatic rings. The van der Waals surface area contributed by atoms with Crippen molar-refractivity contribution in [2.75, 3.05) is 0 Å². The first kappa shape index (κ1) is 16.6. The van der Waals surface area contributed by atoms with Gasteiger partial charge in [-0.05, 0) is 48.0 Å². The highest BCUT2D eigenvalue weighted by Crippen LogP contribution is 2.14. The number of carbonyl (C=O) groups is 1. The normalized spacial score (nSPS) is 10.3. The Hall–Kier alpha value is -3.21. The van der Waals surface area contributed by atoms with Crippen molar-refractivity contribution < 1.29 is 13.9 Å². The number of aromatic nitrogens is 1. The largest absolute Gasteiger partial charge is 0.489 e. The molecule has 0 fully saturated rings. The summed E-state index contributed by atoms with van der Waals surface area (Å²) in [6, 6.07) is 16.8. The van der Waals surface area contributed by atoms with Crippen LogP contribution in [0.2, 0.25) is 0 Å². The van der Waals surface area contributed by atoms with Gasteiger partial charge in [0.25, 0.3) is 5.91 Å². The Balaban J connectivity index is 1.53. The molecule has 0 aliphatic rings. The molecule has 0 radical (unpaired) electrons. The van der Waals surface area contributed by atoms with Crippen molar-refractivity contribution in [1.29, 1.82) is 0 Å². The minimum absolute atomic E-state index is 0.219. The van der Waals surface area contributed by atoms with Crippen LogP contribution in [0.25, 0.3) is 0 Å². The number of ether oxygens (including phenoxy) is 1. The molecule has 0 unspecified atom stereocenters. The third-order valence-electron chi connectivity index (χ3n) is 3.59. The maximum atomic E-state index is 13.1. The molecule has 4 nitrogen and oxygen atoms in total. The van der Waals surface area contributed by atoms with Gasteiger partial charge in [0.1, 0.15) is 18.2 Å². The van der Waals surface area contributed by atoms with E-state index in [0.29, 0.717) is 23.5 Å². The summed E-state index contributed by atoms with van der Waals surface area (Å²) in [4.78, 5) is 16.2. The number of hydrogen-bond acceptors (Lipinski definition) is 3. The molecular formula is C20H17FN2O2. The molecule has 0 saturated carbocycles. The predicted molar refractivity (Wildman–Crippen MR) is 92.6 cm³/mol. The molecule has 0 atom stereocenters. The van der Waals surface area contributed by atoms with Gasteiger partial charge >= 0.3 is 0 Å². The minimum Gasteiger partial charge on any atom is -0.489 e. The van der Waals surface area contributed by atoms with E-state index in [1.807, 2.05) is 12.1 Å². The number of pyridine rings is 1. The molecule has 1 heterocycles. The van der Waals surface area contributed by atoms with Crippen LogP contribution in [0.3, 0.4) is 0 Å². The average molecular weight is 336 g/mol. The van der Waals surface area contributed by atoms with Gasteiger partial charge in [-0.1, -0.05) is 18.2 Å². The summed E-state index contributed by atoms with van der Waals surface area (Å²) in [5.41, 5.74) is 2.20. The summed E-state index contributed by atoms with van der Waals surface area (Å²) < 4.78 is 18.8. The van der Waals surface area contributed by atoms with Gasteiger partial charge < -0.3 is 10.1 Å². The lowest BCUT2D eigenvalue weighted by Crippen LogP contribution is -2.22. The van der Waals surface area contributed by atoms with Crippen LogP contribution in [0.5, 0.6) is 5.75 Å². The molecule has 126 valence electrons. The van der Waals surface area contributed by atoms with Crippen LogP contribution in [0.15, 0.2) is 73.1 Å². The molecule has 2 aromatic carbocycles. The highest BCUT2D eigenvalue weighted by molar-refractivity contribution is 5.94. The summed E-state index contributed by atoms with van der Waals surface area (Å²) >= 11 is 0. The number of rotatable bonds is 6. The van der Waals surface area contributed by atoms with E-state index >= 15 is 0 Å². The topological polar surface area (TPSA) is 51.2 Å². The molecule has 0 aliphatic heterocycles. The maximum Gasteiger partial charge on any atom is 0.251 e. The molecule has 1 aromatic heterocycles. The van der Waals surface area contributed by atoms with Gasteiger partial charge in [0.2, 0.25) is 0 Å². The van der Waals surface area contributed by atoms with E-state index in [9.17, 15) is 9.18 Å². The lowest BCUT2D eigenvalue weighted by molar-refractivity contribution is 0.0951. The quantitative estimate of drug-likeness (QED) is 0.746. The first-order valence-electron chi connectivity index (χ1n) is 7.85. The second-order valence-electron chi connectivity index (χ2n) is 5.49. The van der Waals surface area contributed by atoms with Crippen LogP contribution in [0.1, 0.15) is 21.5 Å². The molecule has 5 heteroatoms. The smallest absolute Gasteiger partial charge is 0.251 e. The monoisotopic (exact) mass is 336 g/mol. The van der Waals surface area contributed by atoms with Crippen LogP contribution in [-0.4, -0.2) is 10.9 Å². The van der Waals surface area contributed by atoms with Crippen molar-refractivity contribution in [3.8, 4) is 5.75 Å². The van der Waals surface area contributed by atoms with E-state index in [4.69, 9.17) is 4.74 Å². The standard InChI is InChI=1S/C20H17FN2O2/c21-18-5-1-3-15(11-18)13-23-20(24)17-6-8-19(9-7-17)25-14-16-4-2-10-22-12-16/h1-12H,13-14H2,(H,23,24). The summed E-state index contributed by atoms with van der Waals surface area (Å²) in [6.07, 6.45) is 3.45. The highest BCUT2D eigenvalue weighted by atomic mass is 19.1. The van der Waals surface area contributed by atoms with E-state index in [0.717, 1.165) is 5.56 Å². The Kier molecular flexibility index (Phi) is 5.36. The van der Waals surface area contributed by atoms with Crippen molar-refractivity contribution in [1.82, 2.24) is 10.3 Å². The molecular weight excluding hydrogens is 319 g/mol. The second kappa shape index (κ2) is 8.06. The van der Waals surface area contributed by atoms with Crippen LogP contribution in [0, 0.1) is 5.82 Å². The number of halogens is 1. The Morgan fingerprint density at radius 3 is 2.56 bits per heavy atom. The van der Waals surface area contributed by atoms with Gasteiger partial charge in [-0.2, -0.15) is 0 Å². The fraction of sp³-hybridized carbons (Fsp3) is 0.100. The molecule has 0 saturated heterocycles. The van der Waals surface area contributed by atoms with E-state index in [2.05, 4.69) is 10.3 Å². The number of hydrogen-bond donors (Lipinski definition) is 1. The second-order valence-corrected chi connectivity index (χ2v) is 5.49. The summed E-state index contributed by atoms with van der Waals surface area (Å²) in [7, 11) is 0. The van der Waals surface area contributed by atoms with Crippen LogP contribution >= 0.6 is 0 Å². The van der Waals surface area contributed by atoms with E-state index in [1.165, 1.54) is 12.1 Å². The Bertz CT molecular complexity index is 836. The predicted octanol–water partition coefficient (Wildman–Crippen LogP) is 3.73. The van der Waals surface area contributed by atoms with E-state index < -0.39 is 0 Å².